The lowest BCUT2D eigenvalue weighted by Gasteiger charge is -2.36. The van der Waals surface area contributed by atoms with E-state index in [1.807, 2.05) is 14.7 Å². The number of aromatic nitrogens is 1. The van der Waals surface area contributed by atoms with Crippen molar-refractivity contribution in [1.82, 2.24) is 14.8 Å². The fraction of sp³-hybridized carbons (Fsp3) is 0.579. The molecule has 0 saturated carbocycles. The SMILES string of the molecule is CC(C)CN1C[C@H](C(=O)N2CCN(c3ncccc3C#N)CC2)CC1=O. The van der Waals surface area contributed by atoms with Gasteiger partial charge in [0, 0.05) is 51.9 Å². The molecule has 0 N–H and O–H groups in total. The fourth-order valence-electron chi connectivity index (χ4n) is 3.69. The highest BCUT2D eigenvalue weighted by Crippen LogP contribution is 2.23. The normalized spacial score (nSPS) is 20.6. The van der Waals surface area contributed by atoms with Gasteiger partial charge in [-0.2, -0.15) is 5.26 Å². The van der Waals surface area contributed by atoms with Gasteiger partial charge >= 0.3 is 0 Å². The van der Waals surface area contributed by atoms with Crippen LogP contribution in [0, 0.1) is 23.2 Å². The molecule has 0 bridgehead atoms. The first-order valence-electron chi connectivity index (χ1n) is 9.16. The number of hydrogen-bond acceptors (Lipinski definition) is 5. The largest absolute Gasteiger partial charge is 0.352 e. The number of rotatable bonds is 4. The van der Waals surface area contributed by atoms with Crippen LogP contribution in [0.2, 0.25) is 0 Å². The number of anilines is 1. The summed E-state index contributed by atoms with van der Waals surface area (Å²) >= 11 is 0. The van der Waals surface area contributed by atoms with E-state index in [4.69, 9.17) is 0 Å². The Labute approximate surface area is 154 Å². The summed E-state index contributed by atoms with van der Waals surface area (Å²) in [5, 5.41) is 9.23. The average Bonchev–Trinajstić information content (AvgIpc) is 3.01. The van der Waals surface area contributed by atoms with Gasteiger partial charge in [0.15, 0.2) is 0 Å². The molecule has 2 aliphatic heterocycles. The fourth-order valence-corrected chi connectivity index (χ4v) is 3.69. The Morgan fingerprint density at radius 3 is 2.73 bits per heavy atom. The highest BCUT2D eigenvalue weighted by Gasteiger charge is 2.37. The van der Waals surface area contributed by atoms with Gasteiger partial charge in [-0.1, -0.05) is 13.8 Å². The van der Waals surface area contributed by atoms with Gasteiger partial charge in [0.1, 0.15) is 11.9 Å². The van der Waals surface area contributed by atoms with E-state index in [9.17, 15) is 14.9 Å². The van der Waals surface area contributed by atoms with Crippen LogP contribution in [0.25, 0.3) is 0 Å². The van der Waals surface area contributed by atoms with Gasteiger partial charge < -0.3 is 14.7 Å². The monoisotopic (exact) mass is 355 g/mol. The Morgan fingerprint density at radius 2 is 2.08 bits per heavy atom. The molecule has 26 heavy (non-hydrogen) atoms. The van der Waals surface area contributed by atoms with E-state index in [0.29, 0.717) is 63.0 Å². The van der Waals surface area contributed by atoms with Gasteiger partial charge in [0.25, 0.3) is 0 Å². The number of carbonyl (C=O) groups is 2. The molecule has 2 aliphatic rings. The minimum absolute atomic E-state index is 0.0748. The first kappa shape index (κ1) is 18.2. The Hall–Kier alpha value is -2.62. The minimum atomic E-state index is -0.225. The van der Waals surface area contributed by atoms with Crippen molar-refractivity contribution < 1.29 is 9.59 Å². The molecule has 0 aliphatic carbocycles. The number of amides is 2. The molecule has 3 rings (SSSR count). The third-order valence-electron chi connectivity index (χ3n) is 4.95. The second-order valence-corrected chi connectivity index (χ2v) is 7.39. The van der Waals surface area contributed by atoms with Gasteiger partial charge in [-0.05, 0) is 18.1 Å². The summed E-state index contributed by atoms with van der Waals surface area (Å²) in [6, 6.07) is 5.68. The van der Waals surface area contributed by atoms with Crippen molar-refractivity contribution in [1.29, 1.82) is 5.26 Å². The number of likely N-dealkylation sites (tertiary alicyclic amines) is 1. The lowest BCUT2D eigenvalue weighted by atomic mass is 10.1. The van der Waals surface area contributed by atoms with E-state index in [2.05, 4.69) is 24.9 Å². The zero-order chi connectivity index (χ0) is 18.7. The maximum absolute atomic E-state index is 12.8. The van der Waals surface area contributed by atoms with Crippen LogP contribution in [0.4, 0.5) is 5.82 Å². The minimum Gasteiger partial charge on any atom is -0.352 e. The standard InChI is InChI=1S/C19H25N5O2/c1-14(2)12-24-13-16(10-17(24)25)19(26)23-8-6-22(7-9-23)18-15(11-20)4-3-5-21-18/h3-5,14,16H,6-10,12-13H2,1-2H3/t16-/m1/s1. The average molecular weight is 355 g/mol. The highest BCUT2D eigenvalue weighted by molar-refractivity contribution is 5.89. The third kappa shape index (κ3) is 3.79. The van der Waals surface area contributed by atoms with E-state index in [-0.39, 0.29) is 17.7 Å². The van der Waals surface area contributed by atoms with Crippen LogP contribution in [0.5, 0.6) is 0 Å². The van der Waals surface area contributed by atoms with E-state index in [1.165, 1.54) is 0 Å². The van der Waals surface area contributed by atoms with Crippen molar-refractivity contribution >= 4 is 17.6 Å². The Morgan fingerprint density at radius 1 is 1.35 bits per heavy atom. The number of piperazine rings is 1. The van der Waals surface area contributed by atoms with Crippen LogP contribution in [-0.2, 0) is 9.59 Å². The second-order valence-electron chi connectivity index (χ2n) is 7.39. The zero-order valence-corrected chi connectivity index (χ0v) is 15.4. The number of pyridine rings is 1. The van der Waals surface area contributed by atoms with Crippen LogP contribution in [0.3, 0.4) is 0 Å². The summed E-state index contributed by atoms with van der Waals surface area (Å²) in [4.78, 5) is 35.0. The van der Waals surface area contributed by atoms with Crippen LogP contribution in [-0.4, -0.2) is 65.9 Å². The number of nitriles is 1. The predicted octanol–water partition coefficient (Wildman–Crippen LogP) is 1.11. The summed E-state index contributed by atoms with van der Waals surface area (Å²) in [6.07, 6.45) is 2.01. The van der Waals surface area contributed by atoms with Gasteiger partial charge in [-0.3, -0.25) is 9.59 Å². The molecular weight excluding hydrogens is 330 g/mol. The first-order chi connectivity index (χ1) is 12.5. The molecular formula is C19H25N5O2. The highest BCUT2D eigenvalue weighted by atomic mass is 16.2. The summed E-state index contributed by atoms with van der Waals surface area (Å²) in [7, 11) is 0. The maximum atomic E-state index is 12.8. The molecule has 138 valence electrons. The number of nitrogens with zero attached hydrogens (tertiary/aromatic N) is 5. The van der Waals surface area contributed by atoms with Crippen molar-refractivity contribution in [3.8, 4) is 6.07 Å². The Bertz CT molecular complexity index is 719. The van der Waals surface area contributed by atoms with Crippen molar-refractivity contribution in [3.63, 3.8) is 0 Å². The molecule has 1 atom stereocenters. The lowest BCUT2D eigenvalue weighted by Crippen LogP contribution is -2.51. The molecule has 1 aromatic heterocycles. The molecule has 0 spiro atoms. The van der Waals surface area contributed by atoms with Gasteiger partial charge in [0.05, 0.1) is 11.5 Å². The van der Waals surface area contributed by atoms with E-state index < -0.39 is 0 Å². The third-order valence-corrected chi connectivity index (χ3v) is 4.95. The summed E-state index contributed by atoms with van der Waals surface area (Å²) in [5.41, 5.74) is 0.554. The van der Waals surface area contributed by atoms with Gasteiger partial charge in [0.2, 0.25) is 11.8 Å². The molecule has 0 radical (unpaired) electrons. The second kappa shape index (κ2) is 7.73. The van der Waals surface area contributed by atoms with E-state index >= 15 is 0 Å². The lowest BCUT2D eigenvalue weighted by molar-refractivity contribution is -0.136. The number of hydrogen-bond donors (Lipinski definition) is 0. The van der Waals surface area contributed by atoms with E-state index in [1.54, 1.807) is 18.3 Å². The molecule has 1 aromatic rings. The van der Waals surface area contributed by atoms with Crippen molar-refractivity contribution in [2.45, 2.75) is 20.3 Å². The smallest absolute Gasteiger partial charge is 0.228 e. The Kier molecular flexibility index (Phi) is 5.40. The zero-order valence-electron chi connectivity index (χ0n) is 15.4. The number of carbonyl (C=O) groups excluding carboxylic acids is 2. The van der Waals surface area contributed by atoms with Crippen molar-refractivity contribution in [2.75, 3.05) is 44.2 Å². The van der Waals surface area contributed by atoms with Crippen LogP contribution in [0.1, 0.15) is 25.8 Å². The van der Waals surface area contributed by atoms with E-state index in [0.717, 1.165) is 0 Å². The van der Waals surface area contributed by atoms with Crippen LogP contribution in [0.15, 0.2) is 18.3 Å². The molecule has 2 fully saturated rings. The quantitative estimate of drug-likeness (QED) is 0.808. The molecule has 7 nitrogen and oxygen atoms in total. The molecule has 7 heteroatoms. The van der Waals surface area contributed by atoms with Crippen LogP contribution < -0.4 is 4.90 Å². The van der Waals surface area contributed by atoms with Crippen LogP contribution >= 0.6 is 0 Å². The van der Waals surface area contributed by atoms with Crippen molar-refractivity contribution in [3.05, 3.63) is 23.9 Å². The van der Waals surface area contributed by atoms with Gasteiger partial charge in [-0.25, -0.2) is 4.98 Å². The molecule has 2 amide bonds. The van der Waals surface area contributed by atoms with Crippen molar-refractivity contribution in [2.24, 2.45) is 11.8 Å². The molecule has 2 saturated heterocycles. The predicted molar refractivity (Wildman–Crippen MR) is 97.3 cm³/mol. The maximum Gasteiger partial charge on any atom is 0.228 e. The molecule has 0 unspecified atom stereocenters. The molecule has 0 aromatic carbocycles. The van der Waals surface area contributed by atoms with Gasteiger partial charge in [-0.15, -0.1) is 0 Å². The summed E-state index contributed by atoms with van der Waals surface area (Å²) < 4.78 is 0. The first-order valence-corrected chi connectivity index (χ1v) is 9.16. The summed E-state index contributed by atoms with van der Waals surface area (Å²) in [6.45, 7) is 7.89. The molecule has 3 heterocycles. The Balaban J connectivity index is 1.58. The topological polar surface area (TPSA) is 80.5 Å². The summed E-state index contributed by atoms with van der Waals surface area (Å²) in [5.74, 6) is 1.02.